The monoisotopic (exact) mass is 331 g/mol. The molecule has 1 heterocycles. The topological polar surface area (TPSA) is 82.6 Å². The highest BCUT2D eigenvalue weighted by atomic mass is 16.5. The van der Waals surface area contributed by atoms with E-state index in [2.05, 4.69) is 15.3 Å². The van der Waals surface area contributed by atoms with Crippen molar-refractivity contribution in [3.63, 3.8) is 0 Å². The van der Waals surface area contributed by atoms with Crippen LogP contribution in [0.3, 0.4) is 0 Å². The largest absolute Gasteiger partial charge is 0.424 e. The summed E-state index contributed by atoms with van der Waals surface area (Å²) < 4.78 is 15.7. The molecule has 7 nitrogen and oxygen atoms in total. The summed E-state index contributed by atoms with van der Waals surface area (Å²) >= 11 is 0. The highest BCUT2D eigenvalue weighted by molar-refractivity contribution is 5.91. The number of aryl methyl sites for hydroxylation is 2. The van der Waals surface area contributed by atoms with E-state index in [1.165, 1.54) is 0 Å². The van der Waals surface area contributed by atoms with Crippen LogP contribution >= 0.6 is 0 Å². The normalized spacial score (nSPS) is 10.5. The summed E-state index contributed by atoms with van der Waals surface area (Å²) in [4.78, 5) is 20.2. The number of nitrogens with zero attached hydrogens (tertiary/aromatic N) is 2. The van der Waals surface area contributed by atoms with Crippen LogP contribution in [-0.4, -0.2) is 42.8 Å². The maximum atomic E-state index is 11.8. The Morgan fingerprint density at radius 3 is 2.58 bits per heavy atom. The molecule has 0 saturated heterocycles. The fraction of sp³-hybridized carbons (Fsp3) is 0.353. The van der Waals surface area contributed by atoms with Gasteiger partial charge in [0.2, 0.25) is 5.91 Å². The molecule has 0 atom stereocenters. The van der Waals surface area contributed by atoms with E-state index in [9.17, 15) is 4.79 Å². The lowest BCUT2D eigenvalue weighted by Gasteiger charge is -2.09. The lowest BCUT2D eigenvalue weighted by molar-refractivity contribution is -0.121. The summed E-state index contributed by atoms with van der Waals surface area (Å²) in [6.07, 6.45) is 0. The molecule has 1 N–H and O–H groups in total. The summed E-state index contributed by atoms with van der Waals surface area (Å²) in [7, 11) is 1.58. The molecular weight excluding hydrogens is 310 g/mol. The Hall–Kier alpha value is -2.51. The fourth-order valence-corrected chi connectivity index (χ4v) is 1.99. The van der Waals surface area contributed by atoms with Gasteiger partial charge in [0, 0.05) is 30.3 Å². The highest BCUT2D eigenvalue weighted by Gasteiger charge is 2.06. The number of aromatic nitrogens is 2. The van der Waals surface area contributed by atoms with Gasteiger partial charge in [-0.3, -0.25) is 4.79 Å². The Labute approximate surface area is 141 Å². The quantitative estimate of drug-likeness (QED) is 0.748. The number of methoxy groups -OCH3 is 1. The highest BCUT2D eigenvalue weighted by Crippen LogP contribution is 2.22. The number of hydrogen-bond acceptors (Lipinski definition) is 6. The summed E-state index contributed by atoms with van der Waals surface area (Å²) in [5, 5.41) is 2.74. The molecule has 0 aliphatic carbocycles. The molecule has 0 bridgehead atoms. The van der Waals surface area contributed by atoms with Crippen molar-refractivity contribution in [3.8, 4) is 11.8 Å². The van der Waals surface area contributed by atoms with E-state index in [1.54, 1.807) is 31.4 Å². The first-order chi connectivity index (χ1) is 11.6. The summed E-state index contributed by atoms with van der Waals surface area (Å²) in [6.45, 7) is 4.54. The van der Waals surface area contributed by atoms with Crippen LogP contribution in [0.5, 0.6) is 11.8 Å². The van der Waals surface area contributed by atoms with E-state index in [0.717, 1.165) is 11.4 Å². The van der Waals surface area contributed by atoms with E-state index < -0.39 is 0 Å². The van der Waals surface area contributed by atoms with Gasteiger partial charge in [0.15, 0.2) is 0 Å². The SMILES string of the molecule is COCCOCC(=O)Nc1cccc(Oc2nc(C)cc(C)n2)c1. The second kappa shape index (κ2) is 8.95. The lowest BCUT2D eigenvalue weighted by Crippen LogP contribution is -2.19. The number of carbonyl (C=O) groups excluding carboxylic acids is 1. The predicted octanol–water partition coefficient (Wildman–Crippen LogP) is 2.49. The molecule has 1 amide bonds. The Balaban J connectivity index is 1.94. The Morgan fingerprint density at radius 2 is 1.88 bits per heavy atom. The molecule has 1 aromatic heterocycles. The third-order valence-corrected chi connectivity index (χ3v) is 2.95. The zero-order valence-electron chi connectivity index (χ0n) is 14.0. The van der Waals surface area contributed by atoms with Crippen molar-refractivity contribution < 1.29 is 19.0 Å². The zero-order valence-corrected chi connectivity index (χ0v) is 14.0. The van der Waals surface area contributed by atoms with Crippen molar-refractivity contribution in [1.29, 1.82) is 0 Å². The summed E-state index contributed by atoms with van der Waals surface area (Å²) in [6, 6.07) is 9.16. The van der Waals surface area contributed by atoms with Gasteiger partial charge in [0.1, 0.15) is 12.4 Å². The zero-order chi connectivity index (χ0) is 17.4. The van der Waals surface area contributed by atoms with Crippen LogP contribution in [0.1, 0.15) is 11.4 Å². The number of hydrogen-bond donors (Lipinski definition) is 1. The van der Waals surface area contributed by atoms with E-state index in [0.29, 0.717) is 24.7 Å². The van der Waals surface area contributed by atoms with Crippen LogP contribution < -0.4 is 10.1 Å². The molecule has 0 radical (unpaired) electrons. The minimum atomic E-state index is -0.245. The van der Waals surface area contributed by atoms with Gasteiger partial charge in [-0.25, -0.2) is 9.97 Å². The maximum Gasteiger partial charge on any atom is 0.322 e. The molecule has 7 heteroatoms. The van der Waals surface area contributed by atoms with Gasteiger partial charge >= 0.3 is 6.01 Å². The Kier molecular flexibility index (Phi) is 6.65. The van der Waals surface area contributed by atoms with E-state index in [4.69, 9.17) is 14.2 Å². The van der Waals surface area contributed by atoms with Gasteiger partial charge in [-0.2, -0.15) is 0 Å². The Bertz CT molecular complexity index is 671. The summed E-state index contributed by atoms with van der Waals surface area (Å²) in [5.74, 6) is 0.295. The average Bonchev–Trinajstić information content (AvgIpc) is 2.51. The lowest BCUT2D eigenvalue weighted by atomic mass is 10.3. The van der Waals surface area contributed by atoms with E-state index >= 15 is 0 Å². The van der Waals surface area contributed by atoms with E-state index in [-0.39, 0.29) is 18.5 Å². The van der Waals surface area contributed by atoms with Crippen molar-refractivity contribution in [1.82, 2.24) is 9.97 Å². The van der Waals surface area contributed by atoms with Gasteiger partial charge in [0.05, 0.1) is 13.2 Å². The Morgan fingerprint density at radius 1 is 1.12 bits per heavy atom. The number of carbonyl (C=O) groups is 1. The molecular formula is C17H21N3O4. The van der Waals surface area contributed by atoms with Gasteiger partial charge in [-0.15, -0.1) is 0 Å². The van der Waals surface area contributed by atoms with Crippen molar-refractivity contribution in [2.45, 2.75) is 13.8 Å². The second-order valence-electron chi connectivity index (χ2n) is 5.16. The number of amides is 1. The number of rotatable bonds is 8. The number of ether oxygens (including phenoxy) is 3. The average molecular weight is 331 g/mol. The third kappa shape index (κ3) is 5.94. The molecule has 24 heavy (non-hydrogen) atoms. The minimum Gasteiger partial charge on any atom is -0.424 e. The van der Waals surface area contributed by atoms with Crippen molar-refractivity contribution in [3.05, 3.63) is 41.7 Å². The fourth-order valence-electron chi connectivity index (χ4n) is 1.99. The van der Waals surface area contributed by atoms with Gasteiger partial charge in [0.25, 0.3) is 0 Å². The first-order valence-electron chi connectivity index (χ1n) is 7.53. The molecule has 1 aromatic carbocycles. The van der Waals surface area contributed by atoms with Crippen LogP contribution in [0.4, 0.5) is 5.69 Å². The number of anilines is 1. The van der Waals surface area contributed by atoms with E-state index in [1.807, 2.05) is 19.9 Å². The van der Waals surface area contributed by atoms with Crippen LogP contribution in [0.15, 0.2) is 30.3 Å². The molecule has 2 aromatic rings. The van der Waals surface area contributed by atoms with Crippen molar-refractivity contribution in [2.24, 2.45) is 0 Å². The van der Waals surface area contributed by atoms with Crippen LogP contribution in [-0.2, 0) is 14.3 Å². The number of nitrogens with one attached hydrogen (secondary N) is 1. The van der Waals surface area contributed by atoms with Gasteiger partial charge in [-0.1, -0.05) is 6.07 Å². The van der Waals surface area contributed by atoms with Crippen LogP contribution in [0.2, 0.25) is 0 Å². The molecule has 0 unspecified atom stereocenters. The van der Waals surface area contributed by atoms with Crippen molar-refractivity contribution in [2.75, 3.05) is 32.2 Å². The van der Waals surface area contributed by atoms with Gasteiger partial charge in [-0.05, 0) is 32.0 Å². The standard InChI is InChI=1S/C17H21N3O4/c1-12-9-13(2)19-17(18-12)24-15-6-4-5-14(10-15)20-16(21)11-23-8-7-22-3/h4-6,9-10H,7-8,11H2,1-3H3,(H,20,21). The number of benzene rings is 1. The van der Waals surface area contributed by atoms with Crippen LogP contribution in [0, 0.1) is 13.8 Å². The first kappa shape index (κ1) is 17.8. The molecule has 2 rings (SSSR count). The maximum absolute atomic E-state index is 11.8. The molecule has 0 aliphatic heterocycles. The van der Waals surface area contributed by atoms with Crippen LogP contribution in [0.25, 0.3) is 0 Å². The smallest absolute Gasteiger partial charge is 0.322 e. The van der Waals surface area contributed by atoms with Crippen molar-refractivity contribution >= 4 is 11.6 Å². The summed E-state index contributed by atoms with van der Waals surface area (Å²) in [5.41, 5.74) is 2.27. The molecule has 128 valence electrons. The molecule has 0 fully saturated rings. The molecule has 0 spiro atoms. The minimum absolute atomic E-state index is 0.0331. The van der Waals surface area contributed by atoms with Gasteiger partial charge < -0.3 is 19.5 Å². The third-order valence-electron chi connectivity index (χ3n) is 2.95. The predicted molar refractivity (Wildman–Crippen MR) is 89.3 cm³/mol. The molecule has 0 saturated carbocycles. The molecule has 0 aliphatic rings. The first-order valence-corrected chi connectivity index (χ1v) is 7.53. The second-order valence-corrected chi connectivity index (χ2v) is 5.16.